The molecule has 0 aliphatic carbocycles. The second-order valence-corrected chi connectivity index (χ2v) is 10.8. The number of benzene rings is 6. The van der Waals surface area contributed by atoms with Crippen LogP contribution in [0.5, 0.6) is 0 Å². The van der Waals surface area contributed by atoms with Gasteiger partial charge in [-0.1, -0.05) is 78.9 Å². The molecule has 0 spiro atoms. The van der Waals surface area contributed by atoms with Crippen molar-refractivity contribution >= 4 is 86.0 Å². The molecule has 0 atom stereocenters. The van der Waals surface area contributed by atoms with Gasteiger partial charge in [0.25, 0.3) is 0 Å². The molecule has 9 aromatic rings. The van der Waals surface area contributed by atoms with Crippen LogP contribution in [0, 0.1) is 0 Å². The van der Waals surface area contributed by atoms with Crippen molar-refractivity contribution in [2.75, 3.05) is 0 Å². The predicted octanol–water partition coefficient (Wildman–Crippen LogP) is 10.2. The van der Waals surface area contributed by atoms with Crippen molar-refractivity contribution in [2.45, 2.75) is 0 Å². The molecule has 0 unspecified atom stereocenters. The Hall–Kier alpha value is -4.60. The maximum atomic E-state index is 6.31. The number of rotatable bonds is 1. The molecule has 2 nitrogen and oxygen atoms in total. The third-order valence-corrected chi connectivity index (χ3v) is 8.95. The Kier molecular flexibility index (Phi) is 3.70. The van der Waals surface area contributed by atoms with E-state index < -0.39 is 0 Å². The van der Waals surface area contributed by atoms with Gasteiger partial charge < -0.3 is 8.98 Å². The smallest absolute Gasteiger partial charge is 0.137 e. The van der Waals surface area contributed by atoms with Gasteiger partial charge in [-0.3, -0.25) is 0 Å². The van der Waals surface area contributed by atoms with E-state index in [0.717, 1.165) is 27.6 Å². The number of para-hydroxylation sites is 2. The Balaban J connectivity index is 1.54. The van der Waals surface area contributed by atoms with Crippen LogP contribution in [0.15, 0.2) is 120 Å². The minimum Gasteiger partial charge on any atom is -0.456 e. The summed E-state index contributed by atoms with van der Waals surface area (Å²) in [6.45, 7) is 0. The maximum Gasteiger partial charge on any atom is 0.137 e. The van der Waals surface area contributed by atoms with Gasteiger partial charge >= 0.3 is 0 Å². The zero-order valence-electron chi connectivity index (χ0n) is 19.7. The van der Waals surface area contributed by atoms with Crippen molar-refractivity contribution in [3.63, 3.8) is 0 Å². The highest BCUT2D eigenvalue weighted by molar-refractivity contribution is 7.27. The van der Waals surface area contributed by atoms with Gasteiger partial charge in [-0.25, -0.2) is 0 Å². The van der Waals surface area contributed by atoms with Gasteiger partial charge in [-0.15, -0.1) is 11.3 Å². The molecule has 0 aliphatic heterocycles. The number of nitrogens with zero attached hydrogens (tertiary/aromatic N) is 1. The Bertz CT molecular complexity index is 2370. The SMILES string of the molecule is c1ccc2c(c1)oc1cc(-n3c4ccccc4c4c5ccccc5c5c6ccccc6sc5c43)ccc12. The molecule has 3 heterocycles. The van der Waals surface area contributed by atoms with E-state index in [1.165, 1.54) is 52.8 Å². The normalized spacial score (nSPS) is 12.3. The number of aromatic nitrogens is 1. The highest BCUT2D eigenvalue weighted by Crippen LogP contribution is 2.47. The lowest BCUT2D eigenvalue weighted by atomic mass is 9.99. The Morgan fingerprint density at radius 1 is 0.514 bits per heavy atom. The number of hydrogen-bond acceptors (Lipinski definition) is 2. The lowest BCUT2D eigenvalue weighted by Crippen LogP contribution is -1.93. The van der Waals surface area contributed by atoms with E-state index in [0.29, 0.717) is 0 Å². The van der Waals surface area contributed by atoms with Crippen LogP contribution < -0.4 is 0 Å². The molecule has 0 fully saturated rings. The molecule has 0 saturated carbocycles. The molecule has 172 valence electrons. The second kappa shape index (κ2) is 7.00. The molecule has 0 radical (unpaired) electrons. The first kappa shape index (κ1) is 19.6. The summed E-state index contributed by atoms with van der Waals surface area (Å²) in [5.74, 6) is 0. The fourth-order valence-corrected chi connectivity index (χ4v) is 7.51. The van der Waals surface area contributed by atoms with E-state index in [1.807, 2.05) is 23.5 Å². The molecule has 37 heavy (non-hydrogen) atoms. The first-order valence-corrected chi connectivity index (χ1v) is 13.4. The highest BCUT2D eigenvalue weighted by atomic mass is 32.1. The molecular formula is C34H19NOS. The van der Waals surface area contributed by atoms with E-state index >= 15 is 0 Å². The number of thiophene rings is 1. The quantitative estimate of drug-likeness (QED) is 0.224. The number of fused-ring (bicyclic) bond motifs is 13. The summed E-state index contributed by atoms with van der Waals surface area (Å²) in [7, 11) is 0. The molecule has 0 amide bonds. The van der Waals surface area contributed by atoms with Gasteiger partial charge in [-0.05, 0) is 41.1 Å². The predicted molar refractivity (Wildman–Crippen MR) is 158 cm³/mol. The van der Waals surface area contributed by atoms with Crippen LogP contribution in [-0.4, -0.2) is 4.57 Å². The average molecular weight is 490 g/mol. The van der Waals surface area contributed by atoms with Crippen LogP contribution in [0.25, 0.3) is 80.4 Å². The topological polar surface area (TPSA) is 18.1 Å². The van der Waals surface area contributed by atoms with Gasteiger partial charge in [0, 0.05) is 48.8 Å². The molecule has 0 bridgehead atoms. The zero-order chi connectivity index (χ0) is 24.1. The first-order chi connectivity index (χ1) is 18.4. The van der Waals surface area contributed by atoms with Crippen LogP contribution in [0.1, 0.15) is 0 Å². The summed E-state index contributed by atoms with van der Waals surface area (Å²) >= 11 is 1.89. The summed E-state index contributed by atoms with van der Waals surface area (Å²) in [4.78, 5) is 0. The van der Waals surface area contributed by atoms with Gasteiger partial charge in [-0.2, -0.15) is 0 Å². The van der Waals surface area contributed by atoms with E-state index in [9.17, 15) is 0 Å². The lowest BCUT2D eigenvalue weighted by Gasteiger charge is -2.10. The van der Waals surface area contributed by atoms with E-state index in [1.54, 1.807) is 0 Å². The fraction of sp³-hybridized carbons (Fsp3) is 0. The highest BCUT2D eigenvalue weighted by Gasteiger charge is 2.21. The Morgan fingerprint density at radius 2 is 1.16 bits per heavy atom. The lowest BCUT2D eigenvalue weighted by molar-refractivity contribution is 0.668. The molecule has 3 heteroatoms. The molecule has 9 rings (SSSR count). The molecule has 0 saturated heterocycles. The third-order valence-electron chi connectivity index (χ3n) is 7.77. The van der Waals surface area contributed by atoms with Gasteiger partial charge in [0.2, 0.25) is 0 Å². The molecule has 3 aromatic heterocycles. The zero-order valence-corrected chi connectivity index (χ0v) is 20.5. The van der Waals surface area contributed by atoms with Crippen LogP contribution in [0.2, 0.25) is 0 Å². The summed E-state index contributed by atoms with van der Waals surface area (Å²) in [5.41, 5.74) is 5.44. The minimum atomic E-state index is 0.915. The fourth-order valence-electron chi connectivity index (χ4n) is 6.25. The number of furan rings is 1. The summed E-state index contributed by atoms with van der Waals surface area (Å²) in [6.07, 6.45) is 0. The van der Waals surface area contributed by atoms with Crippen LogP contribution in [0.3, 0.4) is 0 Å². The van der Waals surface area contributed by atoms with E-state index in [-0.39, 0.29) is 0 Å². The van der Waals surface area contributed by atoms with Crippen molar-refractivity contribution in [1.82, 2.24) is 4.57 Å². The minimum absolute atomic E-state index is 0.915. The third kappa shape index (κ3) is 2.49. The average Bonchev–Trinajstić information content (AvgIpc) is 3.62. The van der Waals surface area contributed by atoms with Crippen LogP contribution in [0.4, 0.5) is 0 Å². The van der Waals surface area contributed by atoms with Gasteiger partial charge in [0.05, 0.1) is 15.7 Å². The maximum absolute atomic E-state index is 6.31. The van der Waals surface area contributed by atoms with Crippen molar-refractivity contribution in [3.8, 4) is 5.69 Å². The Morgan fingerprint density at radius 3 is 2.03 bits per heavy atom. The molecule has 0 N–H and O–H groups in total. The summed E-state index contributed by atoms with van der Waals surface area (Å²) < 4.78 is 11.4. The van der Waals surface area contributed by atoms with Gasteiger partial charge in [0.1, 0.15) is 11.2 Å². The number of hydrogen-bond donors (Lipinski definition) is 0. The summed E-state index contributed by atoms with van der Waals surface area (Å²) in [6, 6.07) is 41.4. The van der Waals surface area contributed by atoms with Crippen molar-refractivity contribution in [1.29, 1.82) is 0 Å². The molecule has 0 aliphatic rings. The van der Waals surface area contributed by atoms with Crippen molar-refractivity contribution in [2.24, 2.45) is 0 Å². The van der Waals surface area contributed by atoms with Gasteiger partial charge in [0.15, 0.2) is 0 Å². The first-order valence-electron chi connectivity index (χ1n) is 12.5. The van der Waals surface area contributed by atoms with E-state index in [4.69, 9.17) is 4.42 Å². The standard InChI is InChI=1S/C34H19NOS/c1-2-11-24-23(10-1)31-25-12-3-6-14-27(25)35(33(31)34-32(24)26-13-5-8-16-30(26)37-34)20-17-18-22-21-9-4-7-15-28(21)36-29(22)19-20/h1-19H. The Labute approximate surface area is 215 Å². The van der Waals surface area contributed by atoms with Crippen molar-refractivity contribution in [3.05, 3.63) is 115 Å². The molecular weight excluding hydrogens is 470 g/mol. The second-order valence-electron chi connectivity index (χ2n) is 9.70. The summed E-state index contributed by atoms with van der Waals surface area (Å²) in [5, 5.41) is 10.2. The van der Waals surface area contributed by atoms with E-state index in [2.05, 4.69) is 108 Å². The monoisotopic (exact) mass is 489 g/mol. The van der Waals surface area contributed by atoms with Crippen LogP contribution >= 0.6 is 11.3 Å². The molecule has 6 aromatic carbocycles. The van der Waals surface area contributed by atoms with Crippen molar-refractivity contribution < 1.29 is 4.42 Å². The largest absolute Gasteiger partial charge is 0.456 e. The van der Waals surface area contributed by atoms with Crippen LogP contribution in [-0.2, 0) is 0 Å².